The van der Waals surface area contributed by atoms with Gasteiger partial charge in [-0.1, -0.05) is 39.1 Å². The molecule has 0 spiro atoms. The molecule has 20 heavy (non-hydrogen) atoms. The van der Waals surface area contributed by atoms with Crippen LogP contribution in [-0.4, -0.2) is 0 Å². The van der Waals surface area contributed by atoms with Crippen LogP contribution in [0.1, 0.15) is 17.4 Å². The van der Waals surface area contributed by atoms with E-state index in [-0.39, 0.29) is 0 Å². The molecule has 1 heterocycles. The number of nitrogens with two attached hydrogens (primary N) is 1. The maximum Gasteiger partial charge on any atom is 0.134 e. The van der Waals surface area contributed by atoms with Crippen LogP contribution in [0.5, 0.6) is 0 Å². The second kappa shape index (κ2) is 5.41. The summed E-state index contributed by atoms with van der Waals surface area (Å²) >= 11 is 15.6. The van der Waals surface area contributed by atoms with E-state index in [2.05, 4.69) is 15.9 Å². The maximum absolute atomic E-state index is 6.24. The maximum atomic E-state index is 6.24. The first kappa shape index (κ1) is 14.0. The number of benzene rings is 2. The molecule has 2 nitrogen and oxygen atoms in total. The van der Waals surface area contributed by atoms with Crippen molar-refractivity contribution in [2.75, 3.05) is 0 Å². The van der Waals surface area contributed by atoms with Crippen LogP contribution >= 0.6 is 39.1 Å². The fourth-order valence-electron chi connectivity index (χ4n) is 2.09. The molecule has 2 aromatic carbocycles. The molecule has 3 rings (SSSR count). The lowest BCUT2D eigenvalue weighted by Gasteiger charge is -2.11. The molecule has 0 amide bonds. The lowest BCUT2D eigenvalue weighted by atomic mass is 10.1. The van der Waals surface area contributed by atoms with Gasteiger partial charge in [0, 0.05) is 19.9 Å². The van der Waals surface area contributed by atoms with E-state index in [1.807, 2.05) is 24.3 Å². The smallest absolute Gasteiger partial charge is 0.134 e. The van der Waals surface area contributed by atoms with E-state index in [9.17, 15) is 0 Å². The summed E-state index contributed by atoms with van der Waals surface area (Å²) in [5, 5.41) is 2.16. The zero-order valence-electron chi connectivity index (χ0n) is 10.2. The summed E-state index contributed by atoms with van der Waals surface area (Å²) in [5.41, 5.74) is 7.78. The Morgan fingerprint density at radius 1 is 1.05 bits per heavy atom. The summed E-state index contributed by atoms with van der Waals surface area (Å²) in [4.78, 5) is 0. The molecule has 0 bridgehead atoms. The minimum atomic E-state index is -0.452. The molecule has 0 saturated heterocycles. The van der Waals surface area contributed by atoms with Crippen molar-refractivity contribution in [1.29, 1.82) is 0 Å². The summed E-state index contributed by atoms with van der Waals surface area (Å²) in [7, 11) is 0. The highest BCUT2D eigenvalue weighted by atomic mass is 79.9. The van der Waals surface area contributed by atoms with Crippen molar-refractivity contribution in [3.63, 3.8) is 0 Å². The minimum absolute atomic E-state index is 0.452. The standard InChI is InChI=1S/C15H10BrCl2NO/c16-9-1-4-13-8(5-9)6-14(20-13)15(19)11-7-10(17)2-3-12(11)18/h1-7,15H,19H2. The molecule has 0 radical (unpaired) electrons. The zero-order valence-corrected chi connectivity index (χ0v) is 13.3. The average Bonchev–Trinajstić information content (AvgIpc) is 2.83. The molecule has 102 valence electrons. The van der Waals surface area contributed by atoms with Gasteiger partial charge in [0.05, 0.1) is 6.04 Å². The number of hydrogen-bond acceptors (Lipinski definition) is 2. The van der Waals surface area contributed by atoms with Gasteiger partial charge in [-0.25, -0.2) is 0 Å². The van der Waals surface area contributed by atoms with Crippen LogP contribution in [0.25, 0.3) is 11.0 Å². The zero-order chi connectivity index (χ0) is 14.3. The van der Waals surface area contributed by atoms with Crippen molar-refractivity contribution >= 4 is 50.1 Å². The first-order valence-electron chi connectivity index (χ1n) is 5.94. The molecule has 1 aromatic heterocycles. The summed E-state index contributed by atoms with van der Waals surface area (Å²) in [6.45, 7) is 0. The van der Waals surface area contributed by atoms with Crippen LogP contribution in [0.3, 0.4) is 0 Å². The van der Waals surface area contributed by atoms with E-state index in [0.29, 0.717) is 15.8 Å². The van der Waals surface area contributed by atoms with Gasteiger partial charge in [-0.15, -0.1) is 0 Å². The van der Waals surface area contributed by atoms with Crippen molar-refractivity contribution in [1.82, 2.24) is 0 Å². The van der Waals surface area contributed by atoms with Crippen LogP contribution in [0, 0.1) is 0 Å². The van der Waals surface area contributed by atoms with E-state index in [0.717, 1.165) is 21.0 Å². The van der Waals surface area contributed by atoms with Gasteiger partial charge in [0.2, 0.25) is 0 Å². The van der Waals surface area contributed by atoms with Gasteiger partial charge in [0.1, 0.15) is 11.3 Å². The highest BCUT2D eigenvalue weighted by Crippen LogP contribution is 2.32. The van der Waals surface area contributed by atoms with E-state index < -0.39 is 6.04 Å². The highest BCUT2D eigenvalue weighted by Gasteiger charge is 2.17. The van der Waals surface area contributed by atoms with Crippen LogP contribution in [-0.2, 0) is 0 Å². The third-order valence-electron chi connectivity index (χ3n) is 3.10. The molecular weight excluding hydrogens is 361 g/mol. The van der Waals surface area contributed by atoms with Gasteiger partial charge in [-0.3, -0.25) is 0 Å². The largest absolute Gasteiger partial charge is 0.459 e. The van der Waals surface area contributed by atoms with Crippen molar-refractivity contribution in [3.05, 3.63) is 68.3 Å². The normalized spacial score (nSPS) is 12.8. The Hall–Kier alpha value is -1.000. The molecule has 0 saturated carbocycles. The highest BCUT2D eigenvalue weighted by molar-refractivity contribution is 9.10. The molecule has 1 atom stereocenters. The van der Waals surface area contributed by atoms with Crippen LogP contribution in [0.2, 0.25) is 10.0 Å². The quantitative estimate of drug-likeness (QED) is 0.642. The Balaban J connectivity index is 2.07. The fourth-order valence-corrected chi connectivity index (χ4v) is 2.89. The number of fused-ring (bicyclic) bond motifs is 1. The van der Waals surface area contributed by atoms with Gasteiger partial charge in [0.15, 0.2) is 0 Å². The molecule has 0 aliphatic carbocycles. The molecule has 0 aliphatic heterocycles. The van der Waals surface area contributed by atoms with Gasteiger partial charge < -0.3 is 10.2 Å². The van der Waals surface area contributed by atoms with E-state index in [1.54, 1.807) is 18.2 Å². The first-order valence-corrected chi connectivity index (χ1v) is 7.49. The molecular formula is C15H10BrCl2NO. The second-order valence-electron chi connectivity index (χ2n) is 4.47. The third kappa shape index (κ3) is 2.59. The average molecular weight is 371 g/mol. The monoisotopic (exact) mass is 369 g/mol. The number of rotatable bonds is 2. The number of hydrogen-bond donors (Lipinski definition) is 1. The van der Waals surface area contributed by atoms with Crippen molar-refractivity contribution in [3.8, 4) is 0 Å². The Morgan fingerprint density at radius 3 is 2.65 bits per heavy atom. The first-order chi connectivity index (χ1) is 9.54. The van der Waals surface area contributed by atoms with Gasteiger partial charge in [-0.2, -0.15) is 0 Å². The number of halogens is 3. The topological polar surface area (TPSA) is 39.2 Å². The number of furan rings is 1. The molecule has 0 fully saturated rings. The predicted octanol–water partition coefficient (Wildman–Crippen LogP) is 5.55. The van der Waals surface area contributed by atoms with E-state index in [4.69, 9.17) is 33.4 Å². The molecule has 0 aliphatic rings. The van der Waals surface area contributed by atoms with Crippen molar-refractivity contribution in [2.24, 2.45) is 5.73 Å². The lowest BCUT2D eigenvalue weighted by Crippen LogP contribution is -2.11. The molecule has 2 N–H and O–H groups in total. The van der Waals surface area contributed by atoms with Crippen molar-refractivity contribution < 1.29 is 4.42 Å². The van der Waals surface area contributed by atoms with Crippen LogP contribution < -0.4 is 5.73 Å². The predicted molar refractivity (Wildman–Crippen MR) is 86.4 cm³/mol. The van der Waals surface area contributed by atoms with Crippen LogP contribution in [0.4, 0.5) is 0 Å². The Bertz CT molecular complexity index is 785. The van der Waals surface area contributed by atoms with Gasteiger partial charge in [0.25, 0.3) is 0 Å². The summed E-state index contributed by atoms with van der Waals surface area (Å²) in [6, 6.07) is 12.5. The van der Waals surface area contributed by atoms with E-state index >= 15 is 0 Å². The van der Waals surface area contributed by atoms with Crippen LogP contribution in [0.15, 0.2) is 51.4 Å². The van der Waals surface area contributed by atoms with Gasteiger partial charge >= 0.3 is 0 Å². The Labute approximate surface area is 134 Å². The molecule has 3 aromatic rings. The Morgan fingerprint density at radius 2 is 1.85 bits per heavy atom. The van der Waals surface area contributed by atoms with Crippen molar-refractivity contribution in [2.45, 2.75) is 6.04 Å². The molecule has 5 heteroatoms. The Kier molecular flexibility index (Phi) is 3.78. The summed E-state index contributed by atoms with van der Waals surface area (Å²) < 4.78 is 6.78. The fraction of sp³-hybridized carbons (Fsp3) is 0.0667. The SMILES string of the molecule is NC(c1cc2cc(Br)ccc2o1)c1cc(Cl)ccc1Cl. The van der Waals surface area contributed by atoms with E-state index in [1.165, 1.54) is 0 Å². The van der Waals surface area contributed by atoms with Gasteiger partial charge in [-0.05, 0) is 48.0 Å². The summed E-state index contributed by atoms with van der Waals surface area (Å²) in [6.07, 6.45) is 0. The molecule has 1 unspecified atom stereocenters. The third-order valence-corrected chi connectivity index (χ3v) is 4.17. The lowest BCUT2D eigenvalue weighted by molar-refractivity contribution is 0.525. The second-order valence-corrected chi connectivity index (χ2v) is 6.23. The minimum Gasteiger partial charge on any atom is -0.459 e. The summed E-state index contributed by atoms with van der Waals surface area (Å²) in [5.74, 6) is 0.655.